The summed E-state index contributed by atoms with van der Waals surface area (Å²) >= 11 is 0. The van der Waals surface area contributed by atoms with E-state index in [0.29, 0.717) is 70.8 Å². The fourth-order valence-electron chi connectivity index (χ4n) is 5.75. The van der Waals surface area contributed by atoms with E-state index in [2.05, 4.69) is 14.8 Å². The van der Waals surface area contributed by atoms with Gasteiger partial charge >= 0.3 is 12.2 Å². The lowest BCUT2D eigenvalue weighted by molar-refractivity contribution is -0.0661. The molecule has 2 aromatic carbocycles. The predicted molar refractivity (Wildman–Crippen MR) is 218 cm³/mol. The molecule has 336 valence electrons. The molecular formula is C41H64F4N4O9S. The number of likely N-dealkylation sites (tertiary alicyclic amines) is 2. The molecule has 2 saturated heterocycles. The molecule has 18 heteroatoms. The first-order chi connectivity index (χ1) is 27.3. The number of rotatable bonds is 14. The summed E-state index contributed by atoms with van der Waals surface area (Å²) in [5.41, 5.74) is 1.14. The van der Waals surface area contributed by atoms with Crippen molar-refractivity contribution in [3.8, 4) is 11.5 Å². The lowest BCUT2D eigenvalue weighted by atomic mass is 10.1. The number of hydrogen-bond acceptors (Lipinski definition) is 11. The van der Waals surface area contributed by atoms with Crippen molar-refractivity contribution in [2.75, 3.05) is 71.8 Å². The van der Waals surface area contributed by atoms with Gasteiger partial charge in [0.15, 0.2) is 0 Å². The van der Waals surface area contributed by atoms with Crippen molar-refractivity contribution in [3.63, 3.8) is 0 Å². The first kappa shape index (κ1) is 51.3. The number of phenolic OH excluding ortho intramolecular Hbond substituents is 1. The van der Waals surface area contributed by atoms with Gasteiger partial charge in [-0.05, 0) is 116 Å². The first-order valence-electron chi connectivity index (χ1n) is 19.8. The SMILES string of the molecule is CC(C)(C)OC(=O)NCCc1ccc(O)cc1.CC(C)(C)OC(=O)NCCc1ccc(OCCN2CCCC(F)(F)C2)cc1.CS(=O)(=O)OCCN1CCCC(F)(F)C1. The van der Waals surface area contributed by atoms with E-state index in [1.807, 2.05) is 77.9 Å². The second-order valence-electron chi connectivity index (χ2n) is 16.5. The minimum absolute atomic E-state index is 0.0192. The summed E-state index contributed by atoms with van der Waals surface area (Å²) in [6, 6.07) is 14.5. The van der Waals surface area contributed by atoms with E-state index in [1.54, 1.807) is 17.0 Å². The Labute approximate surface area is 347 Å². The summed E-state index contributed by atoms with van der Waals surface area (Å²) in [6.45, 7) is 13.8. The van der Waals surface area contributed by atoms with Crippen LogP contribution in [0.25, 0.3) is 0 Å². The number of benzene rings is 2. The molecule has 3 N–H and O–H groups in total. The highest BCUT2D eigenvalue weighted by Gasteiger charge is 2.35. The van der Waals surface area contributed by atoms with Crippen molar-refractivity contribution in [1.29, 1.82) is 0 Å². The Morgan fingerprint density at radius 2 is 1.12 bits per heavy atom. The topological polar surface area (TPSA) is 156 Å². The molecule has 2 aliphatic heterocycles. The summed E-state index contributed by atoms with van der Waals surface area (Å²) in [4.78, 5) is 26.2. The number of alkyl carbamates (subject to hydrolysis) is 2. The molecule has 0 unspecified atom stereocenters. The normalized spacial score (nSPS) is 16.9. The second-order valence-corrected chi connectivity index (χ2v) is 18.2. The number of carbonyl (C=O) groups is 2. The van der Waals surface area contributed by atoms with Gasteiger partial charge in [0.25, 0.3) is 22.0 Å². The standard InChI is InChI=1S/C20H30F2N2O3.C13H19NO3.C8H15F2NO3S/c1-19(2,3)27-18(25)23-11-9-16-5-7-17(8-6-16)26-14-13-24-12-4-10-20(21,22)15-24;1-13(2,3)17-12(16)14-9-8-10-4-6-11(15)7-5-10;1-15(12,13)14-6-5-11-4-2-3-8(9,10)7-11/h5-8H,4,9-15H2,1-3H3,(H,23,25);4-7,15H,8-9H2,1-3H3,(H,14,16);2-7H2,1H3. The molecule has 4 rings (SSSR count). The number of ether oxygens (including phenoxy) is 3. The summed E-state index contributed by atoms with van der Waals surface area (Å²) in [6.07, 6.45) is 2.36. The Hall–Kier alpha value is -3.87. The molecule has 0 aliphatic carbocycles. The van der Waals surface area contributed by atoms with E-state index >= 15 is 0 Å². The van der Waals surface area contributed by atoms with Gasteiger partial charge in [-0.2, -0.15) is 8.42 Å². The van der Waals surface area contributed by atoms with Crippen LogP contribution >= 0.6 is 0 Å². The minimum atomic E-state index is -3.47. The fourth-order valence-corrected chi connectivity index (χ4v) is 6.12. The summed E-state index contributed by atoms with van der Waals surface area (Å²) in [7, 11) is -3.47. The van der Waals surface area contributed by atoms with Crippen LogP contribution in [0.15, 0.2) is 48.5 Å². The number of nitrogens with zero attached hydrogens (tertiary/aromatic N) is 2. The number of nitrogens with one attached hydrogen (secondary N) is 2. The number of alkyl halides is 4. The van der Waals surface area contributed by atoms with E-state index in [0.717, 1.165) is 17.4 Å². The lowest BCUT2D eigenvalue weighted by Gasteiger charge is -2.32. The third-order valence-electron chi connectivity index (χ3n) is 8.35. The highest BCUT2D eigenvalue weighted by atomic mass is 32.2. The Kier molecular flexibility index (Phi) is 20.7. The third kappa shape index (κ3) is 26.1. The van der Waals surface area contributed by atoms with E-state index in [1.165, 1.54) is 4.90 Å². The molecule has 2 heterocycles. The summed E-state index contributed by atoms with van der Waals surface area (Å²) < 4.78 is 94.2. The summed E-state index contributed by atoms with van der Waals surface area (Å²) in [5, 5.41) is 14.5. The number of hydrogen-bond donors (Lipinski definition) is 3. The quantitative estimate of drug-likeness (QED) is 0.133. The number of phenols is 1. The molecule has 2 fully saturated rings. The van der Waals surface area contributed by atoms with E-state index in [9.17, 15) is 35.6 Å². The number of amides is 2. The maximum Gasteiger partial charge on any atom is 0.407 e. The maximum absolute atomic E-state index is 13.4. The van der Waals surface area contributed by atoms with Crippen LogP contribution in [0.1, 0.15) is 78.4 Å². The van der Waals surface area contributed by atoms with Crippen molar-refractivity contribution >= 4 is 22.3 Å². The van der Waals surface area contributed by atoms with Crippen molar-refractivity contribution in [3.05, 3.63) is 59.7 Å². The minimum Gasteiger partial charge on any atom is -0.508 e. The zero-order chi connectivity index (χ0) is 44.3. The van der Waals surface area contributed by atoms with Gasteiger partial charge in [0.2, 0.25) is 0 Å². The van der Waals surface area contributed by atoms with Gasteiger partial charge in [-0.3, -0.25) is 14.0 Å². The fraction of sp³-hybridized carbons (Fsp3) is 0.659. The van der Waals surface area contributed by atoms with Crippen LogP contribution in [0, 0.1) is 0 Å². The van der Waals surface area contributed by atoms with Crippen molar-refractivity contribution in [2.24, 2.45) is 0 Å². The first-order valence-corrected chi connectivity index (χ1v) is 21.6. The predicted octanol–water partition coefficient (Wildman–Crippen LogP) is 7.02. The van der Waals surface area contributed by atoms with Gasteiger partial charge in [-0.15, -0.1) is 0 Å². The van der Waals surface area contributed by atoms with Gasteiger partial charge in [-0.25, -0.2) is 27.2 Å². The van der Waals surface area contributed by atoms with Gasteiger partial charge in [0.05, 0.1) is 26.0 Å². The maximum atomic E-state index is 13.4. The lowest BCUT2D eigenvalue weighted by Crippen LogP contribution is -2.44. The smallest absolute Gasteiger partial charge is 0.407 e. The van der Waals surface area contributed by atoms with Crippen LogP contribution in [0.3, 0.4) is 0 Å². The summed E-state index contributed by atoms with van der Waals surface area (Å²) in [5.74, 6) is -4.27. The Balaban J connectivity index is 0.000000324. The van der Waals surface area contributed by atoms with Crippen LogP contribution in [-0.2, 0) is 36.6 Å². The molecule has 0 atom stereocenters. The number of aromatic hydroxyl groups is 1. The zero-order valence-corrected chi connectivity index (χ0v) is 36.3. The van der Waals surface area contributed by atoms with Crippen LogP contribution in [0.2, 0.25) is 0 Å². The van der Waals surface area contributed by atoms with Crippen LogP contribution in [-0.4, -0.2) is 130 Å². The van der Waals surface area contributed by atoms with Crippen LogP contribution in [0.5, 0.6) is 11.5 Å². The molecular weight excluding hydrogens is 801 g/mol. The Morgan fingerprint density at radius 1 is 0.712 bits per heavy atom. The van der Waals surface area contributed by atoms with Crippen molar-refractivity contribution in [2.45, 2.75) is 103 Å². The van der Waals surface area contributed by atoms with Crippen molar-refractivity contribution in [1.82, 2.24) is 20.4 Å². The van der Waals surface area contributed by atoms with Gasteiger partial charge in [0, 0.05) is 39.0 Å². The molecule has 13 nitrogen and oxygen atoms in total. The Bertz CT molecular complexity index is 1650. The molecule has 0 radical (unpaired) electrons. The highest BCUT2D eigenvalue weighted by Crippen LogP contribution is 2.27. The molecule has 0 spiro atoms. The molecule has 0 bridgehead atoms. The number of piperidine rings is 2. The third-order valence-corrected chi connectivity index (χ3v) is 8.94. The zero-order valence-electron chi connectivity index (χ0n) is 35.5. The largest absolute Gasteiger partial charge is 0.508 e. The monoisotopic (exact) mass is 864 g/mol. The van der Waals surface area contributed by atoms with Gasteiger partial charge in [-0.1, -0.05) is 24.3 Å². The van der Waals surface area contributed by atoms with Crippen molar-refractivity contribution < 1.29 is 59.1 Å². The van der Waals surface area contributed by atoms with E-state index in [-0.39, 0.29) is 44.8 Å². The molecule has 0 saturated carbocycles. The average Bonchev–Trinajstić information content (AvgIpc) is 3.08. The second kappa shape index (κ2) is 23.8. The average molecular weight is 865 g/mol. The van der Waals surface area contributed by atoms with E-state index in [4.69, 9.17) is 19.3 Å². The van der Waals surface area contributed by atoms with Gasteiger partial charge < -0.3 is 30.0 Å². The molecule has 2 aromatic rings. The van der Waals surface area contributed by atoms with Crippen LogP contribution in [0.4, 0.5) is 27.2 Å². The highest BCUT2D eigenvalue weighted by molar-refractivity contribution is 7.85. The molecule has 59 heavy (non-hydrogen) atoms. The number of halogens is 4. The molecule has 2 amide bonds. The number of carbonyl (C=O) groups excluding carboxylic acids is 2. The van der Waals surface area contributed by atoms with Gasteiger partial charge in [0.1, 0.15) is 29.3 Å². The van der Waals surface area contributed by atoms with E-state index < -0.39 is 45.4 Å². The Morgan fingerprint density at radius 3 is 1.51 bits per heavy atom. The molecule has 2 aliphatic rings. The molecule has 0 aromatic heterocycles. The van der Waals surface area contributed by atoms with Crippen LogP contribution < -0.4 is 15.4 Å².